The zero-order valence-electron chi connectivity index (χ0n) is 13.9. The van der Waals surface area contributed by atoms with Gasteiger partial charge in [-0.05, 0) is 40.3 Å². The Morgan fingerprint density at radius 1 is 0.864 bits per heavy atom. The van der Waals surface area contributed by atoms with Crippen LogP contribution in [-0.2, 0) is 0 Å². The van der Waals surface area contributed by atoms with Crippen LogP contribution in [0.5, 0.6) is 0 Å². The van der Waals surface area contributed by atoms with Crippen LogP contribution in [0.25, 0.3) is 10.9 Å². The Morgan fingerprint density at radius 3 is 2.18 bits per heavy atom. The SMILES string of the molecule is CN(C)CCNc1nc(NCCN(C)C)c2ccccc2n1. The van der Waals surface area contributed by atoms with Crippen LogP contribution in [0.1, 0.15) is 0 Å². The van der Waals surface area contributed by atoms with Gasteiger partial charge in [0.25, 0.3) is 0 Å². The number of aromatic nitrogens is 2. The van der Waals surface area contributed by atoms with Crippen molar-refractivity contribution < 1.29 is 0 Å². The van der Waals surface area contributed by atoms with Gasteiger partial charge < -0.3 is 20.4 Å². The predicted octanol–water partition coefficient (Wildman–Crippen LogP) is 1.58. The molecule has 0 atom stereocenters. The lowest BCUT2D eigenvalue weighted by Gasteiger charge is -2.14. The van der Waals surface area contributed by atoms with Crippen LogP contribution < -0.4 is 10.6 Å². The lowest BCUT2D eigenvalue weighted by atomic mass is 10.2. The van der Waals surface area contributed by atoms with Gasteiger partial charge in [0.2, 0.25) is 5.95 Å². The fourth-order valence-corrected chi connectivity index (χ4v) is 2.08. The molecule has 0 amide bonds. The van der Waals surface area contributed by atoms with E-state index < -0.39 is 0 Å². The van der Waals surface area contributed by atoms with Gasteiger partial charge in [-0.1, -0.05) is 12.1 Å². The number of fused-ring (bicyclic) bond motifs is 1. The summed E-state index contributed by atoms with van der Waals surface area (Å²) in [6.07, 6.45) is 0. The lowest BCUT2D eigenvalue weighted by molar-refractivity contribution is 0.424. The van der Waals surface area contributed by atoms with Crippen LogP contribution in [0.2, 0.25) is 0 Å². The molecular formula is C16H26N6. The Balaban J connectivity index is 2.15. The first-order valence-corrected chi connectivity index (χ1v) is 7.60. The summed E-state index contributed by atoms with van der Waals surface area (Å²) in [5, 5.41) is 7.76. The van der Waals surface area contributed by atoms with Crippen LogP contribution in [0, 0.1) is 0 Å². The van der Waals surface area contributed by atoms with Gasteiger partial charge in [0.15, 0.2) is 0 Å². The van der Waals surface area contributed by atoms with E-state index in [1.54, 1.807) is 0 Å². The second-order valence-corrected chi connectivity index (χ2v) is 5.87. The summed E-state index contributed by atoms with van der Waals surface area (Å²) in [6.45, 7) is 3.58. The van der Waals surface area contributed by atoms with E-state index in [9.17, 15) is 0 Å². The van der Waals surface area contributed by atoms with Crippen LogP contribution in [0.4, 0.5) is 11.8 Å². The van der Waals surface area contributed by atoms with Gasteiger partial charge in [0, 0.05) is 31.6 Å². The Labute approximate surface area is 132 Å². The zero-order chi connectivity index (χ0) is 15.9. The maximum absolute atomic E-state index is 4.62. The van der Waals surface area contributed by atoms with Crippen molar-refractivity contribution in [1.82, 2.24) is 19.8 Å². The highest BCUT2D eigenvalue weighted by atomic mass is 15.2. The number of likely N-dealkylation sites (N-methyl/N-ethyl adjacent to an activating group) is 2. The first kappa shape index (κ1) is 16.5. The van der Waals surface area contributed by atoms with Gasteiger partial charge >= 0.3 is 0 Å². The summed E-state index contributed by atoms with van der Waals surface area (Å²) < 4.78 is 0. The first-order chi connectivity index (χ1) is 10.6. The minimum absolute atomic E-state index is 0.674. The number of anilines is 2. The van der Waals surface area contributed by atoms with E-state index >= 15 is 0 Å². The van der Waals surface area contributed by atoms with E-state index in [0.29, 0.717) is 5.95 Å². The first-order valence-electron chi connectivity index (χ1n) is 7.60. The monoisotopic (exact) mass is 302 g/mol. The summed E-state index contributed by atoms with van der Waals surface area (Å²) in [7, 11) is 8.23. The molecule has 6 heteroatoms. The van der Waals surface area contributed by atoms with Crippen molar-refractivity contribution in [1.29, 1.82) is 0 Å². The van der Waals surface area contributed by atoms with Crippen molar-refractivity contribution in [3.63, 3.8) is 0 Å². The number of nitrogens with zero attached hydrogens (tertiary/aromatic N) is 4. The fourth-order valence-electron chi connectivity index (χ4n) is 2.08. The average molecular weight is 302 g/mol. The average Bonchev–Trinajstić information content (AvgIpc) is 2.46. The minimum atomic E-state index is 0.674. The third kappa shape index (κ3) is 4.82. The largest absolute Gasteiger partial charge is 0.368 e. The van der Waals surface area contributed by atoms with Crippen molar-refractivity contribution >= 4 is 22.7 Å². The lowest BCUT2D eigenvalue weighted by Crippen LogP contribution is -2.23. The molecule has 0 radical (unpaired) electrons. The number of rotatable bonds is 8. The molecule has 0 aliphatic carbocycles. The number of hydrogen-bond donors (Lipinski definition) is 2. The highest BCUT2D eigenvalue weighted by Crippen LogP contribution is 2.21. The van der Waals surface area contributed by atoms with Gasteiger partial charge in [-0.3, -0.25) is 0 Å². The second kappa shape index (κ2) is 7.91. The molecule has 0 spiro atoms. The van der Waals surface area contributed by atoms with Gasteiger partial charge in [-0.2, -0.15) is 4.98 Å². The van der Waals surface area contributed by atoms with E-state index in [4.69, 9.17) is 0 Å². The Hall–Kier alpha value is -1.92. The van der Waals surface area contributed by atoms with Crippen molar-refractivity contribution in [3.8, 4) is 0 Å². The molecule has 6 nitrogen and oxygen atoms in total. The summed E-state index contributed by atoms with van der Waals surface area (Å²) in [5.74, 6) is 1.56. The molecule has 1 aromatic carbocycles. The topological polar surface area (TPSA) is 56.3 Å². The molecule has 22 heavy (non-hydrogen) atoms. The third-order valence-electron chi connectivity index (χ3n) is 3.30. The fraction of sp³-hybridized carbons (Fsp3) is 0.500. The molecule has 1 aromatic heterocycles. The Kier molecular flexibility index (Phi) is 5.91. The molecule has 0 saturated heterocycles. The molecule has 2 aromatic rings. The molecule has 1 heterocycles. The van der Waals surface area contributed by atoms with Crippen LogP contribution in [0.15, 0.2) is 24.3 Å². The standard InChI is InChI=1S/C16H26N6/c1-21(2)11-9-17-15-13-7-5-6-8-14(13)19-16(20-15)18-10-12-22(3)4/h5-8H,9-12H2,1-4H3,(H2,17,18,19,20). The smallest absolute Gasteiger partial charge is 0.225 e. The van der Waals surface area contributed by atoms with Crippen LogP contribution in [0.3, 0.4) is 0 Å². The highest BCUT2D eigenvalue weighted by molar-refractivity contribution is 5.89. The molecule has 0 unspecified atom stereocenters. The van der Waals surface area contributed by atoms with Crippen LogP contribution in [-0.4, -0.2) is 74.1 Å². The Morgan fingerprint density at radius 2 is 1.50 bits per heavy atom. The van der Waals surface area contributed by atoms with Crippen LogP contribution >= 0.6 is 0 Å². The van der Waals surface area contributed by atoms with Crippen molar-refractivity contribution in [2.75, 3.05) is 65.0 Å². The molecule has 0 aliphatic rings. The highest BCUT2D eigenvalue weighted by Gasteiger charge is 2.07. The summed E-state index contributed by atoms with van der Waals surface area (Å²) in [4.78, 5) is 13.5. The Bertz CT molecular complexity index is 596. The van der Waals surface area contributed by atoms with Gasteiger partial charge in [-0.25, -0.2) is 4.98 Å². The van der Waals surface area contributed by atoms with E-state index in [0.717, 1.165) is 42.9 Å². The number of nitrogens with one attached hydrogen (secondary N) is 2. The van der Waals surface area contributed by atoms with E-state index in [2.05, 4.69) is 64.7 Å². The maximum atomic E-state index is 4.62. The summed E-state index contributed by atoms with van der Waals surface area (Å²) in [6, 6.07) is 8.09. The van der Waals surface area contributed by atoms with Crippen molar-refractivity contribution in [2.45, 2.75) is 0 Å². The molecule has 0 saturated carbocycles. The van der Waals surface area contributed by atoms with Gasteiger partial charge in [0.1, 0.15) is 5.82 Å². The van der Waals surface area contributed by atoms with Gasteiger partial charge in [0.05, 0.1) is 5.52 Å². The number of benzene rings is 1. The predicted molar refractivity (Wildman–Crippen MR) is 93.6 cm³/mol. The molecular weight excluding hydrogens is 276 g/mol. The molecule has 120 valence electrons. The molecule has 0 bridgehead atoms. The number of hydrogen-bond acceptors (Lipinski definition) is 6. The third-order valence-corrected chi connectivity index (χ3v) is 3.30. The summed E-state index contributed by atoms with van der Waals surface area (Å²) >= 11 is 0. The zero-order valence-corrected chi connectivity index (χ0v) is 13.9. The van der Waals surface area contributed by atoms with Crippen molar-refractivity contribution in [2.24, 2.45) is 0 Å². The van der Waals surface area contributed by atoms with Gasteiger partial charge in [-0.15, -0.1) is 0 Å². The van der Waals surface area contributed by atoms with E-state index in [1.807, 2.05) is 18.2 Å². The van der Waals surface area contributed by atoms with E-state index in [1.165, 1.54) is 0 Å². The number of para-hydroxylation sites is 1. The second-order valence-electron chi connectivity index (χ2n) is 5.87. The van der Waals surface area contributed by atoms with E-state index in [-0.39, 0.29) is 0 Å². The molecule has 0 fully saturated rings. The normalized spacial score (nSPS) is 11.4. The van der Waals surface area contributed by atoms with Crippen molar-refractivity contribution in [3.05, 3.63) is 24.3 Å². The molecule has 2 rings (SSSR count). The minimum Gasteiger partial charge on any atom is -0.368 e. The molecule has 0 aliphatic heterocycles. The maximum Gasteiger partial charge on any atom is 0.225 e. The summed E-state index contributed by atoms with van der Waals surface area (Å²) in [5.41, 5.74) is 0.956. The molecule has 2 N–H and O–H groups in total. The quantitative estimate of drug-likeness (QED) is 0.772.